The summed E-state index contributed by atoms with van der Waals surface area (Å²) in [4.78, 5) is 14.8. The molecule has 2 aromatic rings. The molecule has 1 amide bonds. The quantitative estimate of drug-likeness (QED) is 0.908. The zero-order chi connectivity index (χ0) is 15.5. The molecule has 0 bridgehead atoms. The summed E-state index contributed by atoms with van der Waals surface area (Å²) in [5.41, 5.74) is 7.31. The molecule has 2 atom stereocenters. The number of amides is 1. The minimum atomic E-state index is 0.0106. The lowest BCUT2D eigenvalue weighted by atomic mass is 9.92. The van der Waals surface area contributed by atoms with E-state index in [-0.39, 0.29) is 11.9 Å². The first kappa shape index (κ1) is 14.6. The number of piperidine rings is 1. The normalized spacial score (nSPS) is 19.9. The third-order valence-electron chi connectivity index (χ3n) is 4.22. The number of benzene rings is 1. The monoisotopic (exact) mass is 300 g/mol. The first-order chi connectivity index (χ1) is 10.7. The number of carbonyl (C=O) groups excluding carboxylic acids is 1. The smallest absolute Gasteiger partial charge is 0.256 e. The zero-order valence-electron chi connectivity index (χ0n) is 12.6. The molecule has 1 saturated heterocycles. The molecule has 1 aromatic carbocycles. The molecule has 2 N–H and O–H groups in total. The van der Waals surface area contributed by atoms with Crippen LogP contribution in [0.3, 0.4) is 0 Å². The second-order valence-electron chi connectivity index (χ2n) is 5.78. The fourth-order valence-corrected chi connectivity index (χ4v) is 2.92. The van der Waals surface area contributed by atoms with Crippen LogP contribution in [0.5, 0.6) is 0 Å². The van der Waals surface area contributed by atoms with Crippen LogP contribution in [0, 0.1) is 5.92 Å². The van der Waals surface area contributed by atoms with Crippen molar-refractivity contribution in [2.24, 2.45) is 11.7 Å². The van der Waals surface area contributed by atoms with E-state index >= 15 is 0 Å². The summed E-state index contributed by atoms with van der Waals surface area (Å²) in [5, 5.41) is 11.2. The van der Waals surface area contributed by atoms with Crippen LogP contribution >= 0.6 is 0 Å². The first-order valence-corrected chi connectivity index (χ1v) is 7.54. The van der Waals surface area contributed by atoms with Gasteiger partial charge in [-0.2, -0.15) is 4.68 Å². The number of para-hydroxylation sites is 1. The highest BCUT2D eigenvalue weighted by Crippen LogP contribution is 2.22. The number of nitrogens with zero attached hydrogens (tertiary/aromatic N) is 5. The van der Waals surface area contributed by atoms with Crippen molar-refractivity contribution >= 4 is 5.91 Å². The Morgan fingerprint density at radius 1 is 1.41 bits per heavy atom. The van der Waals surface area contributed by atoms with Crippen molar-refractivity contribution in [3.63, 3.8) is 0 Å². The molecule has 1 aromatic heterocycles. The van der Waals surface area contributed by atoms with E-state index < -0.39 is 0 Å². The van der Waals surface area contributed by atoms with Crippen LogP contribution in [0.2, 0.25) is 0 Å². The van der Waals surface area contributed by atoms with E-state index in [1.807, 2.05) is 36.1 Å². The zero-order valence-corrected chi connectivity index (χ0v) is 12.6. The van der Waals surface area contributed by atoms with Gasteiger partial charge < -0.3 is 10.6 Å². The van der Waals surface area contributed by atoms with Crippen molar-refractivity contribution in [2.75, 3.05) is 13.1 Å². The van der Waals surface area contributed by atoms with Crippen LogP contribution in [0.4, 0.5) is 0 Å². The van der Waals surface area contributed by atoms with Crippen LogP contribution in [0.25, 0.3) is 5.69 Å². The predicted molar refractivity (Wildman–Crippen MR) is 81.4 cm³/mol. The summed E-state index contributed by atoms with van der Waals surface area (Å²) in [6.07, 6.45) is 3.56. The van der Waals surface area contributed by atoms with Gasteiger partial charge in [-0.15, -0.1) is 5.10 Å². The lowest BCUT2D eigenvalue weighted by molar-refractivity contribution is 0.0661. The van der Waals surface area contributed by atoms with Gasteiger partial charge in [-0.1, -0.05) is 12.1 Å². The molecule has 2 heterocycles. The van der Waals surface area contributed by atoms with Crippen molar-refractivity contribution in [1.29, 1.82) is 0 Å². The number of aromatic nitrogens is 4. The second kappa shape index (κ2) is 6.23. The molecule has 1 aliphatic heterocycles. The van der Waals surface area contributed by atoms with Crippen molar-refractivity contribution in [3.05, 3.63) is 36.2 Å². The minimum absolute atomic E-state index is 0.0106. The number of hydrogen-bond donors (Lipinski definition) is 1. The Morgan fingerprint density at radius 3 is 2.95 bits per heavy atom. The third-order valence-corrected chi connectivity index (χ3v) is 4.22. The molecule has 0 spiro atoms. The SMILES string of the molecule is C[C@H](N)[C@H]1CCCN(C(=O)c2ccccc2-n2cnnn2)C1. The Morgan fingerprint density at radius 2 is 2.23 bits per heavy atom. The van der Waals surface area contributed by atoms with E-state index in [9.17, 15) is 4.79 Å². The van der Waals surface area contributed by atoms with Crippen LogP contribution in [0.1, 0.15) is 30.1 Å². The number of carbonyl (C=O) groups is 1. The molecule has 7 nitrogen and oxygen atoms in total. The van der Waals surface area contributed by atoms with Gasteiger partial charge in [0.05, 0.1) is 11.3 Å². The van der Waals surface area contributed by atoms with Gasteiger partial charge in [-0.05, 0) is 48.2 Å². The van der Waals surface area contributed by atoms with Gasteiger partial charge >= 0.3 is 0 Å². The fourth-order valence-electron chi connectivity index (χ4n) is 2.92. The summed E-state index contributed by atoms with van der Waals surface area (Å²) in [6, 6.07) is 7.49. The average molecular weight is 300 g/mol. The standard InChI is InChI=1S/C15H20N6O/c1-11(16)12-5-4-8-20(9-12)15(22)13-6-2-3-7-14(13)21-10-17-18-19-21/h2-3,6-7,10-12H,4-5,8-9,16H2,1H3/t11-,12-/m0/s1. The largest absolute Gasteiger partial charge is 0.338 e. The second-order valence-corrected chi connectivity index (χ2v) is 5.78. The van der Waals surface area contributed by atoms with Gasteiger partial charge in [0.15, 0.2) is 0 Å². The predicted octanol–water partition coefficient (Wildman–Crippen LogP) is 0.862. The van der Waals surface area contributed by atoms with Crippen molar-refractivity contribution in [2.45, 2.75) is 25.8 Å². The summed E-state index contributed by atoms with van der Waals surface area (Å²) in [7, 11) is 0. The number of nitrogens with two attached hydrogens (primary N) is 1. The molecule has 1 aliphatic rings. The van der Waals surface area contributed by atoms with E-state index in [1.54, 1.807) is 0 Å². The van der Waals surface area contributed by atoms with E-state index in [4.69, 9.17) is 5.73 Å². The van der Waals surface area contributed by atoms with Crippen molar-refractivity contribution < 1.29 is 4.79 Å². The first-order valence-electron chi connectivity index (χ1n) is 7.54. The van der Waals surface area contributed by atoms with Crippen LogP contribution in [-0.4, -0.2) is 50.1 Å². The lowest BCUT2D eigenvalue weighted by Gasteiger charge is -2.35. The van der Waals surface area contributed by atoms with E-state index in [2.05, 4.69) is 15.5 Å². The molecule has 0 unspecified atom stereocenters. The van der Waals surface area contributed by atoms with Crippen molar-refractivity contribution in [3.8, 4) is 5.69 Å². The van der Waals surface area contributed by atoms with Crippen LogP contribution in [0.15, 0.2) is 30.6 Å². The topological polar surface area (TPSA) is 89.9 Å². The van der Waals surface area contributed by atoms with E-state index in [0.29, 0.717) is 23.7 Å². The molecule has 22 heavy (non-hydrogen) atoms. The summed E-state index contributed by atoms with van der Waals surface area (Å²) in [5.74, 6) is 0.370. The Balaban J connectivity index is 1.87. The summed E-state index contributed by atoms with van der Waals surface area (Å²) >= 11 is 0. The Kier molecular flexibility index (Phi) is 4.15. The molecule has 0 radical (unpaired) electrons. The molecule has 116 valence electrons. The molecule has 3 rings (SSSR count). The van der Waals surface area contributed by atoms with Gasteiger partial charge in [0.25, 0.3) is 5.91 Å². The number of likely N-dealkylation sites (tertiary alicyclic amines) is 1. The summed E-state index contributed by atoms with van der Waals surface area (Å²) in [6.45, 7) is 3.49. The molecule has 0 aliphatic carbocycles. The van der Waals surface area contributed by atoms with E-state index in [0.717, 1.165) is 19.4 Å². The summed E-state index contributed by atoms with van der Waals surface area (Å²) < 4.78 is 1.51. The van der Waals surface area contributed by atoms with Crippen LogP contribution in [-0.2, 0) is 0 Å². The molecule has 0 saturated carbocycles. The highest BCUT2D eigenvalue weighted by molar-refractivity contribution is 5.97. The highest BCUT2D eigenvalue weighted by Gasteiger charge is 2.27. The maximum absolute atomic E-state index is 12.9. The molecular weight excluding hydrogens is 280 g/mol. The van der Waals surface area contributed by atoms with Gasteiger partial charge in [-0.3, -0.25) is 4.79 Å². The number of hydrogen-bond acceptors (Lipinski definition) is 5. The Hall–Kier alpha value is -2.28. The van der Waals surface area contributed by atoms with Gasteiger partial charge in [0.2, 0.25) is 0 Å². The van der Waals surface area contributed by atoms with Gasteiger partial charge in [0, 0.05) is 19.1 Å². The lowest BCUT2D eigenvalue weighted by Crippen LogP contribution is -2.45. The molecule has 7 heteroatoms. The number of rotatable bonds is 3. The fraction of sp³-hybridized carbons (Fsp3) is 0.467. The maximum atomic E-state index is 12.9. The molecular formula is C15H20N6O. The van der Waals surface area contributed by atoms with Gasteiger partial charge in [-0.25, -0.2) is 0 Å². The third kappa shape index (κ3) is 2.85. The minimum Gasteiger partial charge on any atom is -0.338 e. The molecule has 1 fully saturated rings. The highest BCUT2D eigenvalue weighted by atomic mass is 16.2. The Bertz CT molecular complexity index is 639. The van der Waals surface area contributed by atoms with Gasteiger partial charge in [0.1, 0.15) is 6.33 Å². The average Bonchev–Trinajstić information content (AvgIpc) is 3.08. The van der Waals surface area contributed by atoms with E-state index in [1.165, 1.54) is 11.0 Å². The van der Waals surface area contributed by atoms with Crippen molar-refractivity contribution in [1.82, 2.24) is 25.1 Å². The Labute approximate surface area is 129 Å². The van der Waals surface area contributed by atoms with Crippen LogP contribution < -0.4 is 5.73 Å². The number of tetrazole rings is 1. The maximum Gasteiger partial charge on any atom is 0.256 e.